The number of piperazine rings is 1. The highest BCUT2D eigenvalue weighted by molar-refractivity contribution is 6.09. The monoisotopic (exact) mass is 406 g/mol. The zero-order chi connectivity index (χ0) is 20.9. The van der Waals surface area contributed by atoms with Gasteiger partial charge in [-0.15, -0.1) is 0 Å². The second-order valence-electron chi connectivity index (χ2n) is 7.59. The van der Waals surface area contributed by atoms with Gasteiger partial charge in [-0.25, -0.2) is 9.37 Å². The fraction of sp³-hybridized carbons (Fsp3) is 0.381. The minimum atomic E-state index is -4.60. The van der Waals surface area contributed by atoms with Gasteiger partial charge in [-0.1, -0.05) is 6.58 Å². The van der Waals surface area contributed by atoms with Crippen LogP contribution in [0.4, 0.5) is 17.6 Å². The van der Waals surface area contributed by atoms with Gasteiger partial charge in [0.25, 0.3) is 0 Å². The maximum absolute atomic E-state index is 14.2. The van der Waals surface area contributed by atoms with E-state index in [1.807, 2.05) is 7.05 Å². The standard InChI is InChI=1S/C21H22F4N4/c1-13-10-18-16(11-17(13)22)15-4-5-26-20(21(23,24)25)19(15)29(18)9-8-28-7-6-27(3)14(2)12-28/h4-5,10-11H,2,6-9,12H2,1,3H3. The molecule has 1 saturated heterocycles. The highest BCUT2D eigenvalue weighted by atomic mass is 19.4. The lowest BCUT2D eigenvalue weighted by Crippen LogP contribution is -2.43. The van der Waals surface area contributed by atoms with Gasteiger partial charge in [0.1, 0.15) is 5.82 Å². The highest BCUT2D eigenvalue weighted by Crippen LogP contribution is 2.38. The van der Waals surface area contributed by atoms with Crippen LogP contribution in [0, 0.1) is 12.7 Å². The third kappa shape index (κ3) is 3.46. The van der Waals surface area contributed by atoms with Crippen LogP contribution in [-0.2, 0) is 12.7 Å². The van der Waals surface area contributed by atoms with E-state index in [1.165, 1.54) is 12.1 Å². The Hall–Kier alpha value is -2.61. The van der Waals surface area contributed by atoms with Crippen molar-refractivity contribution in [3.05, 3.63) is 53.7 Å². The van der Waals surface area contributed by atoms with E-state index in [9.17, 15) is 17.6 Å². The molecule has 0 N–H and O–H groups in total. The van der Waals surface area contributed by atoms with Gasteiger partial charge >= 0.3 is 6.18 Å². The maximum Gasteiger partial charge on any atom is 0.435 e. The number of pyridine rings is 1. The average Bonchev–Trinajstić information content (AvgIpc) is 2.95. The molecule has 0 spiro atoms. The van der Waals surface area contributed by atoms with Crippen LogP contribution in [0.2, 0.25) is 0 Å². The summed E-state index contributed by atoms with van der Waals surface area (Å²) in [6.45, 7) is 8.87. The minimum absolute atomic E-state index is 0.00736. The fourth-order valence-electron chi connectivity index (χ4n) is 3.95. The van der Waals surface area contributed by atoms with Gasteiger partial charge in [-0.2, -0.15) is 13.2 Å². The number of hydrogen-bond donors (Lipinski definition) is 0. The lowest BCUT2D eigenvalue weighted by Gasteiger charge is -2.35. The Balaban J connectivity index is 1.84. The number of aromatic nitrogens is 2. The molecule has 29 heavy (non-hydrogen) atoms. The molecule has 0 aliphatic carbocycles. The van der Waals surface area contributed by atoms with Crippen LogP contribution in [0.5, 0.6) is 0 Å². The van der Waals surface area contributed by atoms with Gasteiger partial charge in [0.05, 0.1) is 5.52 Å². The molecule has 0 bridgehead atoms. The molecule has 3 aromatic rings. The topological polar surface area (TPSA) is 24.3 Å². The summed E-state index contributed by atoms with van der Waals surface area (Å²) < 4.78 is 56.9. The summed E-state index contributed by atoms with van der Waals surface area (Å²) in [5.41, 5.74) is 1.04. The first-order chi connectivity index (χ1) is 13.7. The Bertz CT molecular complexity index is 1100. The first-order valence-corrected chi connectivity index (χ1v) is 9.42. The second-order valence-corrected chi connectivity index (χ2v) is 7.59. The van der Waals surface area contributed by atoms with Crippen molar-refractivity contribution < 1.29 is 17.6 Å². The van der Waals surface area contributed by atoms with Crippen LogP contribution >= 0.6 is 0 Å². The van der Waals surface area contributed by atoms with E-state index in [0.29, 0.717) is 41.5 Å². The molecule has 8 heteroatoms. The largest absolute Gasteiger partial charge is 0.435 e. The molecule has 0 radical (unpaired) electrons. The zero-order valence-electron chi connectivity index (χ0n) is 16.4. The molecule has 4 rings (SSSR count). The van der Waals surface area contributed by atoms with E-state index in [-0.39, 0.29) is 5.52 Å². The van der Waals surface area contributed by atoms with E-state index in [2.05, 4.69) is 21.4 Å². The van der Waals surface area contributed by atoms with Crippen molar-refractivity contribution in [2.75, 3.05) is 33.2 Å². The van der Waals surface area contributed by atoms with Gasteiger partial charge in [0.2, 0.25) is 0 Å². The van der Waals surface area contributed by atoms with Gasteiger partial charge in [-0.3, -0.25) is 4.90 Å². The number of nitrogens with zero attached hydrogens (tertiary/aromatic N) is 4. The molecule has 1 aromatic carbocycles. The van der Waals surface area contributed by atoms with Gasteiger partial charge in [-0.05, 0) is 30.7 Å². The minimum Gasteiger partial charge on any atom is -0.376 e. The second kappa shape index (κ2) is 7.02. The van der Waals surface area contributed by atoms with Gasteiger partial charge in [0, 0.05) is 68.0 Å². The summed E-state index contributed by atoms with van der Waals surface area (Å²) in [6.07, 6.45) is -3.46. The van der Waals surface area contributed by atoms with Crippen molar-refractivity contribution in [1.82, 2.24) is 19.4 Å². The van der Waals surface area contributed by atoms with E-state index >= 15 is 0 Å². The van der Waals surface area contributed by atoms with Crippen LogP contribution in [-0.4, -0.2) is 52.6 Å². The van der Waals surface area contributed by atoms with Crippen LogP contribution in [0.3, 0.4) is 0 Å². The number of likely N-dealkylation sites (N-methyl/N-ethyl adjacent to an activating group) is 1. The lowest BCUT2D eigenvalue weighted by molar-refractivity contribution is -0.140. The van der Waals surface area contributed by atoms with Gasteiger partial charge in [0.15, 0.2) is 5.69 Å². The number of alkyl halides is 3. The van der Waals surface area contributed by atoms with Crippen molar-refractivity contribution in [2.45, 2.75) is 19.6 Å². The molecule has 3 heterocycles. The van der Waals surface area contributed by atoms with Gasteiger partial charge < -0.3 is 9.47 Å². The molecular weight excluding hydrogens is 384 g/mol. The third-order valence-electron chi connectivity index (χ3n) is 5.66. The smallest absolute Gasteiger partial charge is 0.376 e. The number of hydrogen-bond acceptors (Lipinski definition) is 3. The molecule has 0 atom stereocenters. The van der Waals surface area contributed by atoms with Crippen LogP contribution < -0.4 is 0 Å². The maximum atomic E-state index is 14.2. The zero-order valence-corrected chi connectivity index (χ0v) is 16.4. The Morgan fingerprint density at radius 3 is 2.59 bits per heavy atom. The van der Waals surface area contributed by atoms with Crippen molar-refractivity contribution in [3.63, 3.8) is 0 Å². The summed E-state index contributed by atoms with van der Waals surface area (Å²) in [5, 5.41) is 0.836. The average molecular weight is 406 g/mol. The van der Waals surface area contributed by atoms with E-state index in [0.717, 1.165) is 25.0 Å². The summed E-state index contributed by atoms with van der Waals surface area (Å²) in [7, 11) is 1.98. The molecule has 0 saturated carbocycles. The first-order valence-electron chi connectivity index (χ1n) is 9.42. The quantitative estimate of drug-likeness (QED) is 0.602. The van der Waals surface area contributed by atoms with Crippen LogP contribution in [0.25, 0.3) is 21.8 Å². The molecule has 0 amide bonds. The molecule has 154 valence electrons. The Kier molecular flexibility index (Phi) is 4.77. The third-order valence-corrected chi connectivity index (χ3v) is 5.66. The van der Waals surface area contributed by atoms with Crippen LogP contribution in [0.1, 0.15) is 11.3 Å². The SMILES string of the molecule is C=C1CN(CCn2c3cc(C)c(F)cc3c3ccnc(C(F)(F)F)c32)CCN1C. The molecule has 4 nitrogen and oxygen atoms in total. The molecule has 1 aliphatic rings. The summed E-state index contributed by atoms with van der Waals surface area (Å²) in [6, 6.07) is 4.46. The molecule has 2 aromatic heterocycles. The van der Waals surface area contributed by atoms with Crippen molar-refractivity contribution in [1.29, 1.82) is 0 Å². The molecule has 1 aliphatic heterocycles. The van der Waals surface area contributed by atoms with E-state index in [4.69, 9.17) is 0 Å². The normalized spacial score (nSPS) is 16.3. The van der Waals surface area contributed by atoms with E-state index in [1.54, 1.807) is 17.6 Å². The van der Waals surface area contributed by atoms with Crippen molar-refractivity contribution in [2.24, 2.45) is 0 Å². The molecular formula is C21H22F4N4. The summed E-state index contributed by atoms with van der Waals surface area (Å²) in [4.78, 5) is 7.87. The van der Waals surface area contributed by atoms with Crippen LogP contribution in [0.15, 0.2) is 36.7 Å². The Morgan fingerprint density at radius 1 is 1.14 bits per heavy atom. The Morgan fingerprint density at radius 2 is 1.90 bits per heavy atom. The number of aryl methyl sites for hydroxylation is 1. The van der Waals surface area contributed by atoms with E-state index < -0.39 is 17.7 Å². The fourth-order valence-corrected chi connectivity index (χ4v) is 3.95. The Labute approximate surface area is 166 Å². The summed E-state index contributed by atoms with van der Waals surface area (Å²) in [5.74, 6) is -0.433. The molecule has 1 fully saturated rings. The number of fused-ring (bicyclic) bond motifs is 3. The predicted molar refractivity (Wildman–Crippen MR) is 105 cm³/mol. The first kappa shape index (κ1) is 19.7. The predicted octanol–water partition coefficient (Wildman–Crippen LogP) is 4.42. The lowest BCUT2D eigenvalue weighted by atomic mass is 10.1. The number of benzene rings is 1. The molecule has 0 unspecified atom stereocenters. The summed E-state index contributed by atoms with van der Waals surface area (Å²) >= 11 is 0. The number of rotatable bonds is 3. The van der Waals surface area contributed by atoms with Crippen molar-refractivity contribution in [3.8, 4) is 0 Å². The number of halogens is 4. The highest BCUT2D eigenvalue weighted by Gasteiger charge is 2.36. The van der Waals surface area contributed by atoms with Crippen molar-refractivity contribution >= 4 is 21.8 Å².